The van der Waals surface area contributed by atoms with Crippen LogP contribution in [0.4, 0.5) is 0 Å². The van der Waals surface area contributed by atoms with E-state index >= 15 is 0 Å². The van der Waals surface area contributed by atoms with E-state index in [0.29, 0.717) is 0 Å². The van der Waals surface area contributed by atoms with E-state index in [-0.39, 0.29) is 0 Å². The minimum Gasteiger partial charge on any atom is -0.497 e. The molecular weight excluding hydrogens is 352 g/mol. The van der Waals surface area contributed by atoms with Crippen LogP contribution >= 0.6 is 41.2 Å². The summed E-state index contributed by atoms with van der Waals surface area (Å²) in [6.45, 7) is 0. The summed E-state index contributed by atoms with van der Waals surface area (Å²) >= 11 is 0. The van der Waals surface area contributed by atoms with Crippen molar-refractivity contribution in [1.29, 1.82) is 0 Å². The van der Waals surface area contributed by atoms with Gasteiger partial charge in [0.25, 0.3) is 0 Å². The average Bonchev–Trinajstić information content (AvgIpc) is 2.59. The lowest BCUT2D eigenvalue weighted by atomic mass is 10.2. The molecule has 2 rings (SSSR count). The Hall–Kier alpha value is -0.560. The van der Waals surface area contributed by atoms with Gasteiger partial charge in [0.1, 0.15) is 11.5 Å². The molecule has 0 aromatic heterocycles. The molecule has 0 N–H and O–H groups in total. The number of methoxy groups -OCH3 is 2. The molecule has 0 amide bonds. The second-order valence-electron chi connectivity index (χ2n) is 4.36. The third-order valence-corrected chi connectivity index (χ3v) is 9.23. The Kier molecular flexibility index (Phi) is 8.30. The van der Waals surface area contributed by atoms with Gasteiger partial charge < -0.3 is 9.47 Å². The van der Waals surface area contributed by atoms with Crippen molar-refractivity contribution in [2.75, 3.05) is 14.2 Å². The fourth-order valence-electron chi connectivity index (χ4n) is 1.67. The van der Waals surface area contributed by atoms with E-state index in [2.05, 4.69) is 24.3 Å². The van der Waals surface area contributed by atoms with Crippen LogP contribution in [0.15, 0.2) is 48.5 Å². The Labute approximate surface area is 147 Å². The molecule has 0 saturated heterocycles. The number of ether oxygens (including phenoxy) is 2. The molecule has 0 heterocycles. The number of hydrogen-bond donors (Lipinski definition) is 0. The van der Waals surface area contributed by atoms with Crippen LogP contribution in [-0.4, -0.2) is 14.2 Å². The zero-order valence-corrected chi connectivity index (χ0v) is 15.7. The first kappa shape index (κ1) is 17.8. The van der Waals surface area contributed by atoms with Gasteiger partial charge in [0.05, 0.1) is 14.2 Å². The molecule has 0 spiro atoms. The third-order valence-electron chi connectivity index (χ3n) is 2.89. The molecule has 2 aromatic rings. The lowest BCUT2D eigenvalue weighted by molar-refractivity contribution is 0.414. The zero-order valence-electron chi connectivity index (χ0n) is 12.5. The van der Waals surface area contributed by atoms with Gasteiger partial charge in [-0.3, -0.25) is 0 Å². The van der Waals surface area contributed by atoms with E-state index in [0.717, 1.165) is 23.0 Å². The normalized spacial score (nSPS) is 10.5. The number of hydrogen-bond acceptors (Lipinski definition) is 6. The van der Waals surface area contributed by atoms with Crippen molar-refractivity contribution in [2.45, 2.75) is 11.5 Å². The average molecular weight is 371 g/mol. The van der Waals surface area contributed by atoms with Gasteiger partial charge in [-0.25, -0.2) is 0 Å². The van der Waals surface area contributed by atoms with Gasteiger partial charge in [-0.1, -0.05) is 45.9 Å². The second-order valence-corrected chi connectivity index (χ2v) is 10.4. The SMILES string of the molecule is COc1ccc(CSSSSCc2ccc(OC)cc2)cc1. The van der Waals surface area contributed by atoms with Gasteiger partial charge in [-0.15, -0.1) is 0 Å². The second kappa shape index (κ2) is 10.3. The molecule has 0 aliphatic heterocycles. The van der Waals surface area contributed by atoms with Crippen molar-refractivity contribution >= 4 is 41.2 Å². The van der Waals surface area contributed by atoms with Crippen LogP contribution in [0, 0.1) is 0 Å². The molecule has 0 aliphatic carbocycles. The summed E-state index contributed by atoms with van der Waals surface area (Å²) in [7, 11) is 10.8. The molecular formula is C16H18O2S4. The Morgan fingerprint density at radius 1 is 0.636 bits per heavy atom. The van der Waals surface area contributed by atoms with Gasteiger partial charge in [0.2, 0.25) is 0 Å². The predicted molar refractivity (Wildman–Crippen MR) is 104 cm³/mol. The van der Waals surface area contributed by atoms with Crippen molar-refractivity contribution < 1.29 is 9.47 Å². The largest absolute Gasteiger partial charge is 0.497 e. The Balaban J connectivity index is 1.58. The molecule has 2 aromatic carbocycles. The minimum absolute atomic E-state index is 0.908. The van der Waals surface area contributed by atoms with Gasteiger partial charge >= 0.3 is 0 Å². The maximum atomic E-state index is 5.16. The summed E-state index contributed by atoms with van der Waals surface area (Å²) in [5.74, 6) is 3.83. The Morgan fingerprint density at radius 3 is 1.32 bits per heavy atom. The number of benzene rings is 2. The van der Waals surface area contributed by atoms with Crippen molar-refractivity contribution in [3.8, 4) is 11.5 Å². The summed E-state index contributed by atoms with van der Waals surface area (Å²) < 4.78 is 10.3. The van der Waals surface area contributed by atoms with Crippen LogP contribution in [0.2, 0.25) is 0 Å². The Bertz CT molecular complexity index is 492. The molecule has 0 atom stereocenters. The van der Waals surface area contributed by atoms with Crippen LogP contribution in [0.1, 0.15) is 11.1 Å². The van der Waals surface area contributed by atoms with Crippen molar-refractivity contribution in [3.63, 3.8) is 0 Å². The summed E-state index contributed by atoms with van der Waals surface area (Å²) in [6.07, 6.45) is 0. The smallest absolute Gasteiger partial charge is 0.118 e. The van der Waals surface area contributed by atoms with Gasteiger partial charge in [0, 0.05) is 11.5 Å². The van der Waals surface area contributed by atoms with E-state index in [1.165, 1.54) is 11.1 Å². The van der Waals surface area contributed by atoms with Crippen LogP contribution in [-0.2, 0) is 11.5 Å². The first-order chi connectivity index (χ1) is 10.8. The zero-order chi connectivity index (χ0) is 15.6. The molecule has 0 bridgehead atoms. The monoisotopic (exact) mass is 370 g/mol. The highest BCUT2D eigenvalue weighted by Crippen LogP contribution is 2.45. The first-order valence-corrected chi connectivity index (χ1v) is 11.8. The molecule has 0 fully saturated rings. The van der Waals surface area contributed by atoms with Crippen LogP contribution < -0.4 is 9.47 Å². The van der Waals surface area contributed by atoms with Crippen LogP contribution in [0.3, 0.4) is 0 Å². The topological polar surface area (TPSA) is 18.5 Å². The standard InChI is InChI=1S/C16H18O2S4/c1-17-15-7-3-13(4-8-15)11-19-21-22-20-12-14-5-9-16(18-2)10-6-14/h3-10H,11-12H2,1-2H3. The van der Waals surface area contributed by atoms with Crippen molar-refractivity contribution in [1.82, 2.24) is 0 Å². The number of rotatable bonds is 9. The van der Waals surface area contributed by atoms with Gasteiger partial charge in [-0.2, -0.15) is 0 Å². The van der Waals surface area contributed by atoms with Crippen molar-refractivity contribution in [2.24, 2.45) is 0 Å². The van der Waals surface area contributed by atoms with E-state index in [1.54, 1.807) is 14.2 Å². The Morgan fingerprint density at radius 2 is 1.00 bits per heavy atom. The fraction of sp³-hybridized carbons (Fsp3) is 0.250. The van der Waals surface area contributed by atoms with Gasteiger partial charge in [-0.05, 0) is 55.0 Å². The summed E-state index contributed by atoms with van der Waals surface area (Å²) in [5.41, 5.74) is 2.64. The van der Waals surface area contributed by atoms with E-state index in [9.17, 15) is 0 Å². The highest BCUT2D eigenvalue weighted by Gasteiger charge is 1.99. The first-order valence-electron chi connectivity index (χ1n) is 6.65. The molecule has 22 heavy (non-hydrogen) atoms. The summed E-state index contributed by atoms with van der Waals surface area (Å²) in [5, 5.41) is 0. The molecule has 0 aliphatic rings. The van der Waals surface area contributed by atoms with E-state index in [1.807, 2.05) is 65.5 Å². The van der Waals surface area contributed by atoms with E-state index in [4.69, 9.17) is 9.47 Å². The molecule has 0 radical (unpaired) electrons. The summed E-state index contributed by atoms with van der Waals surface area (Å²) in [4.78, 5) is 0. The highest BCUT2D eigenvalue weighted by molar-refractivity contribution is 9.25. The third kappa shape index (κ3) is 6.28. The van der Waals surface area contributed by atoms with Crippen LogP contribution in [0.25, 0.3) is 0 Å². The molecule has 0 unspecified atom stereocenters. The van der Waals surface area contributed by atoms with Crippen LogP contribution in [0.5, 0.6) is 11.5 Å². The lowest BCUT2D eigenvalue weighted by Gasteiger charge is -2.04. The van der Waals surface area contributed by atoms with Crippen molar-refractivity contribution in [3.05, 3.63) is 59.7 Å². The lowest BCUT2D eigenvalue weighted by Crippen LogP contribution is -1.83. The highest BCUT2D eigenvalue weighted by atomic mass is 33.7. The quantitative estimate of drug-likeness (QED) is 0.390. The molecule has 118 valence electrons. The summed E-state index contributed by atoms with van der Waals surface area (Å²) in [6, 6.07) is 16.5. The minimum atomic E-state index is 0.908. The molecule has 2 nitrogen and oxygen atoms in total. The predicted octanol–water partition coefficient (Wildman–Crippen LogP) is 6.08. The maximum Gasteiger partial charge on any atom is 0.118 e. The molecule has 6 heteroatoms. The fourth-order valence-corrected chi connectivity index (χ4v) is 7.53. The van der Waals surface area contributed by atoms with Gasteiger partial charge in [0.15, 0.2) is 0 Å². The van der Waals surface area contributed by atoms with E-state index < -0.39 is 0 Å². The molecule has 0 saturated carbocycles. The maximum absolute atomic E-state index is 5.16.